The van der Waals surface area contributed by atoms with Gasteiger partial charge in [0.1, 0.15) is 0 Å². The minimum Gasteiger partial charge on any atom is -0.291 e. The van der Waals surface area contributed by atoms with E-state index in [4.69, 9.17) is 4.98 Å². The van der Waals surface area contributed by atoms with Crippen LogP contribution in [0.2, 0.25) is 0 Å². The van der Waals surface area contributed by atoms with E-state index in [0.29, 0.717) is 0 Å². The first kappa shape index (κ1) is 40.7. The Labute approximate surface area is 420 Å². The van der Waals surface area contributed by atoms with Crippen LogP contribution in [0.15, 0.2) is 255 Å². The summed E-state index contributed by atoms with van der Waals surface area (Å²) in [7, 11) is 0. The van der Waals surface area contributed by atoms with Gasteiger partial charge in [-0.3, -0.25) is 4.40 Å². The summed E-state index contributed by atoms with van der Waals surface area (Å²) in [5, 5.41) is 12.4. The molecular formula is C69H42N2S. The van der Waals surface area contributed by atoms with Crippen molar-refractivity contribution in [2.24, 2.45) is 0 Å². The first-order chi connectivity index (χ1) is 35.6. The van der Waals surface area contributed by atoms with Crippen LogP contribution in [0.3, 0.4) is 0 Å². The van der Waals surface area contributed by atoms with Crippen LogP contribution >= 0.6 is 11.3 Å². The van der Waals surface area contributed by atoms with Crippen molar-refractivity contribution in [1.29, 1.82) is 0 Å². The summed E-state index contributed by atoms with van der Waals surface area (Å²) in [6.45, 7) is 0. The Hall–Kier alpha value is -9.15. The maximum atomic E-state index is 5.49. The number of fused-ring (bicyclic) bond motifs is 12. The maximum Gasteiger partial charge on any atom is 0.156 e. The van der Waals surface area contributed by atoms with Crippen molar-refractivity contribution >= 4 is 91.3 Å². The molecule has 0 radical (unpaired) electrons. The van der Waals surface area contributed by atoms with Crippen LogP contribution in [-0.2, 0) is 0 Å². The zero-order valence-corrected chi connectivity index (χ0v) is 39.9. The van der Waals surface area contributed by atoms with Crippen molar-refractivity contribution < 1.29 is 0 Å². The van der Waals surface area contributed by atoms with Crippen molar-refractivity contribution in [3.63, 3.8) is 0 Å². The molecule has 0 atom stereocenters. The lowest BCUT2D eigenvalue weighted by molar-refractivity contribution is 1.25. The summed E-state index contributed by atoms with van der Waals surface area (Å²) in [6.07, 6.45) is 0. The average molecular weight is 931 g/mol. The Morgan fingerprint density at radius 2 is 0.764 bits per heavy atom. The SMILES string of the molecule is c1ccc(-c2cc(-c3ccccc3)cc(-c3ccc(-c4ccc(-c5ccc(-c6cc7c8ccc9ccccc9c8sc7c7nc8cc9cc%10ccccc%10cc9cc8n67)cc5)c5ccccc45)cc3)c2)cc1. The van der Waals surface area contributed by atoms with E-state index in [0.717, 1.165) is 27.9 Å². The van der Waals surface area contributed by atoms with E-state index in [1.165, 1.54) is 119 Å². The lowest BCUT2D eigenvalue weighted by atomic mass is 9.90. The van der Waals surface area contributed by atoms with E-state index in [2.05, 4.69) is 259 Å². The Morgan fingerprint density at radius 1 is 0.278 bits per heavy atom. The molecule has 0 saturated carbocycles. The molecule has 0 N–H and O–H groups in total. The zero-order chi connectivity index (χ0) is 47.3. The van der Waals surface area contributed by atoms with Crippen LogP contribution in [0.1, 0.15) is 0 Å². The zero-order valence-electron chi connectivity index (χ0n) is 39.1. The molecule has 15 rings (SSSR count). The predicted molar refractivity (Wildman–Crippen MR) is 308 cm³/mol. The van der Waals surface area contributed by atoms with Gasteiger partial charge in [-0.15, -0.1) is 11.3 Å². The minimum absolute atomic E-state index is 0.999. The number of rotatable bonds is 6. The molecule has 2 nitrogen and oxygen atoms in total. The summed E-state index contributed by atoms with van der Waals surface area (Å²) >= 11 is 1.86. The Kier molecular flexibility index (Phi) is 9.17. The highest BCUT2D eigenvalue weighted by Crippen LogP contribution is 2.45. The van der Waals surface area contributed by atoms with E-state index in [9.17, 15) is 0 Å². The quantitative estimate of drug-likeness (QED) is 0.152. The van der Waals surface area contributed by atoms with Crippen molar-refractivity contribution in [2.75, 3.05) is 0 Å². The van der Waals surface area contributed by atoms with Gasteiger partial charge in [-0.05, 0) is 153 Å². The maximum absolute atomic E-state index is 5.49. The van der Waals surface area contributed by atoms with Gasteiger partial charge in [0.15, 0.2) is 5.65 Å². The predicted octanol–water partition coefficient (Wildman–Crippen LogP) is 19.5. The number of pyridine rings is 1. The number of nitrogens with zero attached hydrogens (tertiary/aromatic N) is 2. The molecule has 3 aromatic heterocycles. The highest BCUT2D eigenvalue weighted by Gasteiger charge is 2.20. The second-order valence-electron chi connectivity index (χ2n) is 19.1. The van der Waals surface area contributed by atoms with Gasteiger partial charge in [-0.25, -0.2) is 4.98 Å². The fraction of sp³-hybridized carbons (Fsp3) is 0. The molecule has 3 heteroatoms. The molecule has 72 heavy (non-hydrogen) atoms. The van der Waals surface area contributed by atoms with E-state index in [-0.39, 0.29) is 0 Å². The number of imidazole rings is 1. The van der Waals surface area contributed by atoms with Crippen LogP contribution < -0.4 is 0 Å². The van der Waals surface area contributed by atoms with Gasteiger partial charge in [-0.2, -0.15) is 0 Å². The number of aromatic nitrogens is 2. The van der Waals surface area contributed by atoms with E-state index in [1.54, 1.807) is 0 Å². The fourth-order valence-electron chi connectivity index (χ4n) is 11.3. The molecular weight excluding hydrogens is 889 g/mol. The molecule has 12 aromatic carbocycles. The largest absolute Gasteiger partial charge is 0.291 e. The van der Waals surface area contributed by atoms with Gasteiger partial charge in [-0.1, -0.05) is 206 Å². The first-order valence-corrected chi connectivity index (χ1v) is 25.5. The van der Waals surface area contributed by atoms with Gasteiger partial charge in [0.05, 0.1) is 21.4 Å². The Morgan fingerprint density at radius 3 is 1.36 bits per heavy atom. The Balaban J connectivity index is 0.834. The standard InChI is InChI=1S/C69H42N2S/c1-3-13-43(14-4-1)52-37-53(44-15-5-2-6-16-44)39-54(38-52)45-23-25-47(26-24-45)57-33-34-58(61-22-12-11-21-60(57)61)48-27-29-49(30-28-48)65-42-63-62-32-31-46-17-9-10-20-59(46)67(62)72-68(63)69-70-64-40-55-35-50-18-7-8-19-51(50)36-56(55)41-66(64)71(65)69/h1-42H. The summed E-state index contributed by atoms with van der Waals surface area (Å²) < 4.78 is 4.93. The fourth-order valence-corrected chi connectivity index (χ4v) is 12.6. The van der Waals surface area contributed by atoms with Gasteiger partial charge in [0.2, 0.25) is 0 Å². The molecule has 334 valence electrons. The molecule has 0 aliphatic carbocycles. The third-order valence-corrected chi connectivity index (χ3v) is 16.2. The van der Waals surface area contributed by atoms with Crippen molar-refractivity contribution in [2.45, 2.75) is 0 Å². The number of hydrogen-bond acceptors (Lipinski definition) is 2. The molecule has 0 unspecified atom stereocenters. The lowest BCUT2D eigenvalue weighted by Crippen LogP contribution is -1.93. The lowest BCUT2D eigenvalue weighted by Gasteiger charge is -2.14. The van der Waals surface area contributed by atoms with Crippen LogP contribution in [0.25, 0.3) is 147 Å². The second kappa shape index (κ2) is 16.2. The molecule has 0 saturated heterocycles. The molecule has 3 heterocycles. The van der Waals surface area contributed by atoms with E-state index < -0.39 is 0 Å². The van der Waals surface area contributed by atoms with Crippen molar-refractivity contribution in [3.05, 3.63) is 255 Å². The molecule has 0 bridgehead atoms. The number of thiophene rings is 1. The van der Waals surface area contributed by atoms with Crippen LogP contribution in [0.4, 0.5) is 0 Å². The molecule has 0 fully saturated rings. The average Bonchev–Trinajstić information content (AvgIpc) is 4.02. The second-order valence-corrected chi connectivity index (χ2v) is 20.1. The van der Waals surface area contributed by atoms with Crippen molar-refractivity contribution in [3.8, 4) is 66.9 Å². The summed E-state index contributed by atoms with van der Waals surface area (Å²) in [5.41, 5.74) is 17.4. The molecule has 0 amide bonds. The van der Waals surface area contributed by atoms with Crippen molar-refractivity contribution in [1.82, 2.24) is 9.38 Å². The first-order valence-electron chi connectivity index (χ1n) is 24.7. The van der Waals surface area contributed by atoms with Crippen LogP contribution in [0, 0.1) is 0 Å². The highest BCUT2D eigenvalue weighted by atomic mass is 32.1. The Bertz CT molecular complexity index is 4580. The smallest absolute Gasteiger partial charge is 0.156 e. The molecule has 0 spiro atoms. The highest BCUT2D eigenvalue weighted by molar-refractivity contribution is 7.27. The summed E-state index contributed by atoms with van der Waals surface area (Å²) in [4.78, 5) is 5.49. The summed E-state index contributed by atoms with van der Waals surface area (Å²) in [5.74, 6) is 0. The molecule has 15 aromatic rings. The monoisotopic (exact) mass is 930 g/mol. The van der Waals surface area contributed by atoms with Gasteiger partial charge >= 0.3 is 0 Å². The molecule has 0 aliphatic heterocycles. The minimum atomic E-state index is 0.999. The van der Waals surface area contributed by atoms with Gasteiger partial charge in [0.25, 0.3) is 0 Å². The number of hydrogen-bond donors (Lipinski definition) is 0. The van der Waals surface area contributed by atoms with Gasteiger partial charge in [0, 0.05) is 15.5 Å². The third kappa shape index (κ3) is 6.59. The van der Waals surface area contributed by atoms with Crippen LogP contribution in [0.5, 0.6) is 0 Å². The van der Waals surface area contributed by atoms with E-state index >= 15 is 0 Å². The topological polar surface area (TPSA) is 17.3 Å². The normalized spacial score (nSPS) is 11.9. The van der Waals surface area contributed by atoms with Crippen LogP contribution in [-0.4, -0.2) is 9.38 Å². The van der Waals surface area contributed by atoms with Gasteiger partial charge < -0.3 is 0 Å². The van der Waals surface area contributed by atoms with E-state index in [1.807, 2.05) is 11.3 Å². The number of benzene rings is 12. The third-order valence-electron chi connectivity index (χ3n) is 14.9. The molecule has 0 aliphatic rings. The summed E-state index contributed by atoms with van der Waals surface area (Å²) in [6, 6.07) is 93.7.